The average Bonchev–Trinajstić information content (AvgIpc) is 2.47. The van der Waals surface area contributed by atoms with Gasteiger partial charge in [0.15, 0.2) is 5.84 Å². The normalized spacial score (nSPS) is 17.5. The Labute approximate surface area is 120 Å². The molecule has 2 rings (SSSR count). The third-order valence-electron chi connectivity index (χ3n) is 3.80. The van der Waals surface area contributed by atoms with Gasteiger partial charge in [0.25, 0.3) is 0 Å². The van der Waals surface area contributed by atoms with E-state index in [1.807, 2.05) is 26.0 Å². The fourth-order valence-electron chi connectivity index (χ4n) is 2.70. The molecule has 0 bridgehead atoms. The van der Waals surface area contributed by atoms with E-state index < -0.39 is 0 Å². The van der Waals surface area contributed by atoms with Gasteiger partial charge < -0.3 is 20.6 Å². The highest BCUT2D eigenvalue weighted by Crippen LogP contribution is 2.23. The van der Waals surface area contributed by atoms with Gasteiger partial charge in [-0.05, 0) is 50.5 Å². The number of anilines is 1. The predicted molar refractivity (Wildman–Crippen MR) is 80.6 cm³/mol. The van der Waals surface area contributed by atoms with Crippen LogP contribution in [0.1, 0.15) is 30.9 Å². The molecule has 20 heavy (non-hydrogen) atoms. The number of hydrogen-bond donors (Lipinski definition) is 2. The van der Waals surface area contributed by atoms with Gasteiger partial charge >= 0.3 is 0 Å². The molecular weight excluding hydrogens is 254 g/mol. The van der Waals surface area contributed by atoms with Crippen molar-refractivity contribution in [3.05, 3.63) is 29.3 Å². The van der Waals surface area contributed by atoms with Crippen LogP contribution >= 0.6 is 0 Å². The van der Waals surface area contributed by atoms with Gasteiger partial charge in [0, 0.05) is 30.9 Å². The fraction of sp³-hybridized carbons (Fsp3) is 0.533. The maximum Gasteiger partial charge on any atom is 0.170 e. The van der Waals surface area contributed by atoms with Crippen molar-refractivity contribution in [3.8, 4) is 0 Å². The molecule has 1 aliphatic heterocycles. The van der Waals surface area contributed by atoms with Crippen molar-refractivity contribution in [2.45, 2.75) is 32.8 Å². The Morgan fingerprint density at radius 1 is 1.45 bits per heavy atom. The monoisotopic (exact) mass is 277 g/mol. The molecule has 1 aromatic rings. The Kier molecular flexibility index (Phi) is 4.84. The zero-order valence-corrected chi connectivity index (χ0v) is 12.2. The standard InChI is InChI=1S/C15H23N3O2/c1-3-20-13-6-8-18(9-7-13)12-4-5-14(11(2)10-12)15(16)17-19/h4-5,10,13,19H,3,6-9H2,1-2H3,(H2,16,17). The minimum Gasteiger partial charge on any atom is -0.409 e. The molecule has 1 aliphatic rings. The lowest BCUT2D eigenvalue weighted by Gasteiger charge is -2.33. The third kappa shape index (κ3) is 3.22. The van der Waals surface area contributed by atoms with Crippen molar-refractivity contribution in [2.24, 2.45) is 10.9 Å². The van der Waals surface area contributed by atoms with Gasteiger partial charge in [0.1, 0.15) is 0 Å². The highest BCUT2D eigenvalue weighted by Gasteiger charge is 2.20. The molecule has 1 aromatic carbocycles. The van der Waals surface area contributed by atoms with Crippen molar-refractivity contribution in [3.63, 3.8) is 0 Å². The SMILES string of the molecule is CCOC1CCN(c2ccc(/C(N)=N/O)c(C)c2)CC1. The molecule has 1 heterocycles. The van der Waals surface area contributed by atoms with Crippen molar-refractivity contribution < 1.29 is 9.94 Å². The van der Waals surface area contributed by atoms with Gasteiger partial charge in [0.05, 0.1) is 6.10 Å². The molecule has 0 atom stereocenters. The fourth-order valence-corrected chi connectivity index (χ4v) is 2.70. The number of piperidine rings is 1. The number of nitrogens with zero attached hydrogens (tertiary/aromatic N) is 2. The lowest BCUT2D eigenvalue weighted by molar-refractivity contribution is 0.0459. The first kappa shape index (κ1) is 14.7. The van der Waals surface area contributed by atoms with Crippen LogP contribution in [-0.2, 0) is 4.74 Å². The Bertz CT molecular complexity index is 480. The summed E-state index contributed by atoms with van der Waals surface area (Å²) in [6.45, 7) is 6.82. The molecule has 1 saturated heterocycles. The lowest BCUT2D eigenvalue weighted by atomic mass is 10.0. The Morgan fingerprint density at radius 3 is 2.70 bits per heavy atom. The molecular formula is C15H23N3O2. The van der Waals surface area contributed by atoms with Gasteiger partial charge in [-0.3, -0.25) is 0 Å². The molecule has 0 saturated carbocycles. The summed E-state index contributed by atoms with van der Waals surface area (Å²) in [5.41, 5.74) is 8.63. The molecule has 110 valence electrons. The number of aryl methyl sites for hydroxylation is 1. The summed E-state index contributed by atoms with van der Waals surface area (Å²) >= 11 is 0. The summed E-state index contributed by atoms with van der Waals surface area (Å²) in [4.78, 5) is 2.36. The first-order valence-electron chi connectivity index (χ1n) is 7.10. The second-order valence-corrected chi connectivity index (χ2v) is 5.13. The molecule has 0 aromatic heterocycles. The van der Waals surface area contributed by atoms with E-state index in [-0.39, 0.29) is 5.84 Å². The largest absolute Gasteiger partial charge is 0.409 e. The van der Waals surface area contributed by atoms with Gasteiger partial charge in [-0.15, -0.1) is 0 Å². The van der Waals surface area contributed by atoms with Crippen molar-refractivity contribution in [1.82, 2.24) is 0 Å². The van der Waals surface area contributed by atoms with Crippen LogP contribution in [0.3, 0.4) is 0 Å². The van der Waals surface area contributed by atoms with Crippen LogP contribution in [0.5, 0.6) is 0 Å². The summed E-state index contributed by atoms with van der Waals surface area (Å²) < 4.78 is 5.67. The molecule has 5 nitrogen and oxygen atoms in total. The van der Waals surface area contributed by atoms with E-state index in [0.717, 1.165) is 43.7 Å². The van der Waals surface area contributed by atoms with Gasteiger partial charge in [-0.1, -0.05) is 5.16 Å². The molecule has 0 radical (unpaired) electrons. The highest BCUT2D eigenvalue weighted by atomic mass is 16.5. The molecule has 0 aliphatic carbocycles. The lowest BCUT2D eigenvalue weighted by Crippen LogP contribution is -2.37. The number of rotatable bonds is 4. The topological polar surface area (TPSA) is 71.1 Å². The maximum atomic E-state index is 8.75. The second-order valence-electron chi connectivity index (χ2n) is 5.13. The number of nitrogens with two attached hydrogens (primary N) is 1. The maximum absolute atomic E-state index is 8.75. The summed E-state index contributed by atoms with van der Waals surface area (Å²) in [6, 6.07) is 6.03. The Balaban J connectivity index is 2.06. The van der Waals surface area contributed by atoms with Crippen LogP contribution < -0.4 is 10.6 Å². The highest BCUT2D eigenvalue weighted by molar-refractivity contribution is 5.98. The molecule has 0 spiro atoms. The van der Waals surface area contributed by atoms with E-state index in [1.165, 1.54) is 5.69 Å². The van der Waals surface area contributed by atoms with E-state index >= 15 is 0 Å². The summed E-state index contributed by atoms with van der Waals surface area (Å²) in [6.07, 6.45) is 2.53. The van der Waals surface area contributed by atoms with Crippen LogP contribution in [0.25, 0.3) is 0 Å². The van der Waals surface area contributed by atoms with Gasteiger partial charge in [0.2, 0.25) is 0 Å². The summed E-state index contributed by atoms with van der Waals surface area (Å²) in [7, 11) is 0. The van der Waals surface area contributed by atoms with Crippen LogP contribution in [-0.4, -0.2) is 36.8 Å². The molecule has 1 fully saturated rings. The van der Waals surface area contributed by atoms with Gasteiger partial charge in [-0.2, -0.15) is 0 Å². The van der Waals surface area contributed by atoms with E-state index in [9.17, 15) is 0 Å². The van der Waals surface area contributed by atoms with Crippen LogP contribution in [0.15, 0.2) is 23.4 Å². The number of ether oxygens (including phenoxy) is 1. The summed E-state index contributed by atoms with van der Waals surface area (Å²) in [5, 5.41) is 11.8. The van der Waals surface area contributed by atoms with Crippen LogP contribution in [0, 0.1) is 6.92 Å². The van der Waals surface area contributed by atoms with Gasteiger partial charge in [-0.25, -0.2) is 0 Å². The van der Waals surface area contributed by atoms with Crippen LogP contribution in [0.2, 0.25) is 0 Å². The average molecular weight is 277 g/mol. The van der Waals surface area contributed by atoms with Crippen molar-refractivity contribution >= 4 is 11.5 Å². The number of oxime groups is 1. The molecule has 0 unspecified atom stereocenters. The van der Waals surface area contributed by atoms with Crippen molar-refractivity contribution in [1.29, 1.82) is 0 Å². The van der Waals surface area contributed by atoms with E-state index in [2.05, 4.69) is 16.1 Å². The van der Waals surface area contributed by atoms with E-state index in [1.54, 1.807) is 0 Å². The quantitative estimate of drug-likeness (QED) is 0.382. The molecule has 3 N–H and O–H groups in total. The number of amidine groups is 1. The predicted octanol–water partition coefficient (Wildman–Crippen LogP) is 2.09. The number of hydrogen-bond acceptors (Lipinski definition) is 4. The second kappa shape index (κ2) is 6.61. The Hall–Kier alpha value is -1.75. The smallest absolute Gasteiger partial charge is 0.170 e. The van der Waals surface area contributed by atoms with E-state index in [0.29, 0.717) is 6.10 Å². The minimum atomic E-state index is 0.157. The first-order chi connectivity index (χ1) is 9.65. The van der Waals surface area contributed by atoms with Crippen LogP contribution in [0.4, 0.5) is 5.69 Å². The van der Waals surface area contributed by atoms with E-state index in [4.69, 9.17) is 15.7 Å². The number of benzene rings is 1. The molecule has 0 amide bonds. The minimum absolute atomic E-state index is 0.157. The zero-order chi connectivity index (χ0) is 14.5. The third-order valence-corrected chi connectivity index (χ3v) is 3.80. The van der Waals surface area contributed by atoms with Crippen molar-refractivity contribution in [2.75, 3.05) is 24.6 Å². The Morgan fingerprint density at radius 2 is 2.15 bits per heavy atom. The summed E-state index contributed by atoms with van der Waals surface area (Å²) in [5.74, 6) is 0.157. The first-order valence-corrected chi connectivity index (χ1v) is 7.10. The zero-order valence-electron chi connectivity index (χ0n) is 12.2. The molecule has 5 heteroatoms.